The van der Waals surface area contributed by atoms with Gasteiger partial charge in [0.15, 0.2) is 0 Å². The van der Waals surface area contributed by atoms with Gasteiger partial charge in [-0.15, -0.1) is 0 Å². The number of carbonyl (C=O) groups excluding carboxylic acids is 2. The maximum atomic E-state index is 12.5. The van der Waals surface area contributed by atoms with Gasteiger partial charge in [0.2, 0.25) is 11.8 Å². The Hall–Kier alpha value is -2.18. The number of nitrogens with zero attached hydrogens (tertiary/aromatic N) is 3. The Kier molecular flexibility index (Phi) is 5.74. The molecule has 0 spiro atoms. The zero-order chi connectivity index (χ0) is 18.7. The molecule has 0 radical (unpaired) electrons. The van der Waals surface area contributed by atoms with E-state index in [9.17, 15) is 14.4 Å². The molecule has 1 saturated carbocycles. The van der Waals surface area contributed by atoms with Crippen LogP contribution in [0.15, 0.2) is 10.9 Å². The number of nitrogens with one attached hydrogen (secondary N) is 1. The molecular weight excluding hydrogens is 332 g/mol. The summed E-state index contributed by atoms with van der Waals surface area (Å²) in [6, 6.07) is 2.17. The fraction of sp³-hybridized carbons (Fsp3) is 0.684. The average Bonchev–Trinajstić information content (AvgIpc) is 3.11. The van der Waals surface area contributed by atoms with Gasteiger partial charge in [-0.2, -0.15) is 4.98 Å². The molecule has 0 unspecified atom stereocenters. The van der Waals surface area contributed by atoms with E-state index < -0.39 is 0 Å². The van der Waals surface area contributed by atoms with Crippen LogP contribution in [0.5, 0.6) is 0 Å². The number of rotatable bonds is 5. The van der Waals surface area contributed by atoms with E-state index in [1.54, 1.807) is 11.5 Å². The number of hydrogen-bond acceptors (Lipinski definition) is 4. The maximum absolute atomic E-state index is 12.5. The number of hydrogen-bond donors (Lipinski definition) is 1. The largest absolute Gasteiger partial charge is 0.354 e. The lowest BCUT2D eigenvalue weighted by Crippen LogP contribution is -2.49. The van der Waals surface area contributed by atoms with E-state index in [4.69, 9.17) is 0 Å². The standard InChI is InChI=1S/C19H28N4O3/c1-13-11-14(2)22(19(26)21-13)10-9-20-18(25)15-7-8-17(24)23(12-15)16-5-3-4-6-16/h11,15-16H,3-10,12H2,1-2H3,(H,20,25)/t15-/m1/s1. The van der Waals surface area contributed by atoms with Crippen LogP contribution >= 0.6 is 0 Å². The summed E-state index contributed by atoms with van der Waals surface area (Å²) in [7, 11) is 0. The molecule has 1 aliphatic heterocycles. The first-order valence-corrected chi connectivity index (χ1v) is 9.58. The second-order valence-electron chi connectivity index (χ2n) is 7.48. The van der Waals surface area contributed by atoms with Gasteiger partial charge in [-0.05, 0) is 39.2 Å². The lowest BCUT2D eigenvalue weighted by Gasteiger charge is -2.36. The van der Waals surface area contributed by atoms with Gasteiger partial charge in [-0.1, -0.05) is 12.8 Å². The predicted molar refractivity (Wildman–Crippen MR) is 97.7 cm³/mol. The van der Waals surface area contributed by atoms with Crippen LogP contribution in [-0.4, -0.2) is 45.4 Å². The molecule has 1 aliphatic carbocycles. The van der Waals surface area contributed by atoms with Crippen molar-refractivity contribution in [2.45, 2.75) is 65.0 Å². The van der Waals surface area contributed by atoms with Crippen molar-refractivity contribution in [2.24, 2.45) is 5.92 Å². The summed E-state index contributed by atoms with van der Waals surface area (Å²) >= 11 is 0. The lowest BCUT2D eigenvalue weighted by atomic mass is 9.95. The van der Waals surface area contributed by atoms with E-state index >= 15 is 0 Å². The highest BCUT2D eigenvalue weighted by Gasteiger charge is 2.34. The fourth-order valence-electron chi connectivity index (χ4n) is 4.14. The third-order valence-corrected chi connectivity index (χ3v) is 5.56. The van der Waals surface area contributed by atoms with Crippen molar-refractivity contribution in [3.8, 4) is 0 Å². The van der Waals surface area contributed by atoms with Gasteiger partial charge in [0.05, 0.1) is 5.92 Å². The summed E-state index contributed by atoms with van der Waals surface area (Å²) in [5.74, 6) is 0.0161. The molecular formula is C19H28N4O3. The quantitative estimate of drug-likeness (QED) is 0.854. The topological polar surface area (TPSA) is 84.3 Å². The van der Waals surface area contributed by atoms with Gasteiger partial charge >= 0.3 is 5.69 Å². The van der Waals surface area contributed by atoms with Crippen LogP contribution in [0.3, 0.4) is 0 Å². The second-order valence-corrected chi connectivity index (χ2v) is 7.48. The maximum Gasteiger partial charge on any atom is 0.348 e. The molecule has 3 rings (SSSR count). The molecule has 1 aromatic heterocycles. The number of piperidine rings is 1. The zero-order valence-electron chi connectivity index (χ0n) is 15.7. The monoisotopic (exact) mass is 360 g/mol. The highest BCUT2D eigenvalue weighted by molar-refractivity contribution is 5.84. The highest BCUT2D eigenvalue weighted by atomic mass is 16.2. The molecule has 2 heterocycles. The Morgan fingerprint density at radius 1 is 1.23 bits per heavy atom. The molecule has 2 fully saturated rings. The Morgan fingerprint density at radius 3 is 2.65 bits per heavy atom. The minimum absolute atomic E-state index is 0.0220. The summed E-state index contributed by atoms with van der Waals surface area (Å²) in [4.78, 5) is 42.6. The number of likely N-dealkylation sites (tertiary alicyclic amines) is 1. The molecule has 26 heavy (non-hydrogen) atoms. The first-order valence-electron chi connectivity index (χ1n) is 9.58. The molecule has 1 atom stereocenters. The summed E-state index contributed by atoms with van der Waals surface area (Å²) in [6.45, 7) is 4.98. The van der Waals surface area contributed by atoms with Gasteiger partial charge in [0.25, 0.3) is 0 Å². The van der Waals surface area contributed by atoms with Gasteiger partial charge in [-0.25, -0.2) is 4.79 Å². The second kappa shape index (κ2) is 8.01. The van der Waals surface area contributed by atoms with Crippen LogP contribution in [-0.2, 0) is 16.1 Å². The smallest absolute Gasteiger partial charge is 0.348 e. The van der Waals surface area contributed by atoms with Crippen molar-refractivity contribution in [1.82, 2.24) is 19.8 Å². The summed E-state index contributed by atoms with van der Waals surface area (Å²) < 4.78 is 1.57. The molecule has 0 aromatic carbocycles. The van der Waals surface area contributed by atoms with Crippen LogP contribution < -0.4 is 11.0 Å². The van der Waals surface area contributed by atoms with Crippen LogP contribution in [0.2, 0.25) is 0 Å². The summed E-state index contributed by atoms with van der Waals surface area (Å²) in [5, 5.41) is 2.93. The molecule has 1 N–H and O–H groups in total. The van der Waals surface area contributed by atoms with Gasteiger partial charge in [0, 0.05) is 43.5 Å². The lowest BCUT2D eigenvalue weighted by molar-refractivity contribution is -0.140. The molecule has 142 valence electrons. The first kappa shape index (κ1) is 18.6. The summed E-state index contributed by atoms with van der Waals surface area (Å²) in [6.07, 6.45) is 5.52. The van der Waals surface area contributed by atoms with E-state index in [0.717, 1.165) is 18.5 Å². The van der Waals surface area contributed by atoms with Crippen molar-refractivity contribution in [2.75, 3.05) is 13.1 Å². The van der Waals surface area contributed by atoms with E-state index in [2.05, 4.69) is 10.3 Å². The van der Waals surface area contributed by atoms with Crippen molar-refractivity contribution in [3.63, 3.8) is 0 Å². The van der Waals surface area contributed by atoms with Crippen molar-refractivity contribution < 1.29 is 9.59 Å². The Balaban J connectivity index is 1.53. The van der Waals surface area contributed by atoms with E-state index in [-0.39, 0.29) is 23.4 Å². The van der Waals surface area contributed by atoms with Gasteiger partial charge in [0.1, 0.15) is 0 Å². The molecule has 2 aliphatic rings. The Labute approximate surface area is 153 Å². The summed E-state index contributed by atoms with van der Waals surface area (Å²) in [5.41, 5.74) is 1.26. The number of amides is 2. The SMILES string of the molecule is Cc1cc(C)n(CCNC(=O)[C@@H]2CCC(=O)N(C3CCCC3)C2)c(=O)n1. The molecule has 0 bridgehead atoms. The van der Waals surface area contributed by atoms with E-state index in [1.807, 2.05) is 17.9 Å². The molecule has 2 amide bonds. The molecule has 1 aromatic rings. The van der Waals surface area contributed by atoms with Crippen LogP contribution in [0.1, 0.15) is 49.9 Å². The third kappa shape index (κ3) is 4.14. The third-order valence-electron chi connectivity index (χ3n) is 5.56. The molecule has 7 nitrogen and oxygen atoms in total. The highest BCUT2D eigenvalue weighted by Crippen LogP contribution is 2.28. The van der Waals surface area contributed by atoms with Crippen molar-refractivity contribution in [1.29, 1.82) is 0 Å². The normalized spacial score (nSPS) is 21.2. The number of aromatic nitrogens is 2. The average molecular weight is 360 g/mol. The minimum Gasteiger partial charge on any atom is -0.354 e. The predicted octanol–water partition coefficient (Wildman–Crippen LogP) is 1.16. The van der Waals surface area contributed by atoms with Crippen molar-refractivity contribution in [3.05, 3.63) is 27.9 Å². The van der Waals surface area contributed by atoms with Crippen LogP contribution in [0, 0.1) is 19.8 Å². The fourth-order valence-corrected chi connectivity index (χ4v) is 4.14. The Bertz CT molecular complexity index is 737. The first-order chi connectivity index (χ1) is 12.5. The van der Waals surface area contributed by atoms with E-state index in [0.29, 0.717) is 44.2 Å². The number of aryl methyl sites for hydroxylation is 2. The Morgan fingerprint density at radius 2 is 1.96 bits per heavy atom. The zero-order valence-corrected chi connectivity index (χ0v) is 15.7. The van der Waals surface area contributed by atoms with Gasteiger partial charge < -0.3 is 10.2 Å². The van der Waals surface area contributed by atoms with Crippen LogP contribution in [0.4, 0.5) is 0 Å². The number of carbonyl (C=O) groups is 2. The molecule has 1 saturated heterocycles. The van der Waals surface area contributed by atoms with E-state index in [1.165, 1.54) is 12.8 Å². The molecule has 7 heteroatoms. The van der Waals surface area contributed by atoms with Gasteiger partial charge in [-0.3, -0.25) is 14.2 Å². The van der Waals surface area contributed by atoms with Crippen molar-refractivity contribution >= 4 is 11.8 Å². The minimum atomic E-state index is -0.285. The van der Waals surface area contributed by atoms with Crippen LogP contribution in [0.25, 0.3) is 0 Å².